The van der Waals surface area contributed by atoms with Gasteiger partial charge < -0.3 is 0 Å². The normalized spacial score (nSPS) is 15.7. The van der Waals surface area contributed by atoms with Gasteiger partial charge in [-0.2, -0.15) is 0 Å². The Hall–Kier alpha value is -3.63. The fourth-order valence-corrected chi connectivity index (χ4v) is 6.79. The van der Waals surface area contributed by atoms with Crippen molar-refractivity contribution in [2.24, 2.45) is 0 Å². The lowest BCUT2D eigenvalue weighted by Crippen LogP contribution is -2.30. The van der Waals surface area contributed by atoms with Crippen molar-refractivity contribution in [3.05, 3.63) is 96.1 Å². The topological polar surface area (TPSA) is 110 Å². The standard InChI is InChI=1S/C27H26N4O4S2/c1-18(2)36(32,33)22-12-8-20(9-13-22)25-16-29-27-26(30-25)24(21-5-4-14-28-15-21)17-31(27)37(34,35)23-10-6-19(3)7-11-23/h4-16,18,24H,17H2,1-3H3. The molecule has 0 amide bonds. The maximum Gasteiger partial charge on any atom is 0.265 e. The zero-order valence-corrected chi connectivity index (χ0v) is 22.2. The average Bonchev–Trinajstić information content (AvgIpc) is 3.29. The summed E-state index contributed by atoms with van der Waals surface area (Å²) in [5, 5.41) is -0.528. The predicted molar refractivity (Wildman–Crippen MR) is 142 cm³/mol. The third kappa shape index (κ3) is 4.51. The number of aromatic nitrogens is 3. The monoisotopic (exact) mass is 534 g/mol. The molecule has 1 atom stereocenters. The van der Waals surface area contributed by atoms with Crippen molar-refractivity contribution in [2.45, 2.75) is 41.7 Å². The van der Waals surface area contributed by atoms with Crippen LogP contribution in [0.5, 0.6) is 0 Å². The Morgan fingerprint density at radius 1 is 0.892 bits per heavy atom. The minimum atomic E-state index is -3.87. The average molecular weight is 535 g/mol. The highest BCUT2D eigenvalue weighted by Gasteiger charge is 2.40. The van der Waals surface area contributed by atoms with Crippen LogP contribution in [0, 0.1) is 6.92 Å². The van der Waals surface area contributed by atoms with Crippen LogP contribution in [0.25, 0.3) is 11.3 Å². The van der Waals surface area contributed by atoms with Crippen molar-refractivity contribution in [1.82, 2.24) is 15.0 Å². The Morgan fingerprint density at radius 3 is 2.19 bits per heavy atom. The van der Waals surface area contributed by atoms with Gasteiger partial charge in [-0.3, -0.25) is 4.98 Å². The predicted octanol–water partition coefficient (Wildman–Crippen LogP) is 4.37. The lowest BCUT2D eigenvalue weighted by Gasteiger charge is -2.19. The number of hydrogen-bond acceptors (Lipinski definition) is 7. The van der Waals surface area contributed by atoms with Crippen LogP contribution in [-0.4, -0.2) is 43.6 Å². The first-order chi connectivity index (χ1) is 17.6. The van der Waals surface area contributed by atoms with E-state index in [2.05, 4.69) is 9.97 Å². The van der Waals surface area contributed by atoms with E-state index in [1.807, 2.05) is 13.0 Å². The molecule has 0 radical (unpaired) electrons. The van der Waals surface area contributed by atoms with Gasteiger partial charge in [0.15, 0.2) is 15.7 Å². The van der Waals surface area contributed by atoms with E-state index >= 15 is 0 Å². The Bertz CT molecular complexity index is 1650. The zero-order chi connectivity index (χ0) is 26.4. The molecule has 0 saturated heterocycles. The van der Waals surface area contributed by atoms with E-state index in [1.165, 1.54) is 10.5 Å². The van der Waals surface area contributed by atoms with Crippen LogP contribution in [0.15, 0.2) is 89.0 Å². The second-order valence-corrected chi connectivity index (χ2v) is 13.6. The van der Waals surface area contributed by atoms with Crippen molar-refractivity contribution >= 4 is 25.7 Å². The van der Waals surface area contributed by atoms with E-state index in [1.54, 1.807) is 80.8 Å². The van der Waals surface area contributed by atoms with Gasteiger partial charge in [0.2, 0.25) is 0 Å². The van der Waals surface area contributed by atoms with Crippen LogP contribution < -0.4 is 4.31 Å². The Labute approximate surface area is 217 Å². The van der Waals surface area contributed by atoms with Gasteiger partial charge in [-0.05, 0) is 56.7 Å². The highest BCUT2D eigenvalue weighted by molar-refractivity contribution is 7.93. The molecule has 3 heterocycles. The van der Waals surface area contributed by atoms with Crippen molar-refractivity contribution in [3.63, 3.8) is 0 Å². The maximum atomic E-state index is 13.6. The van der Waals surface area contributed by atoms with Crippen molar-refractivity contribution < 1.29 is 16.8 Å². The number of hydrogen-bond donors (Lipinski definition) is 0. The van der Waals surface area contributed by atoms with Gasteiger partial charge in [0.05, 0.1) is 38.5 Å². The van der Waals surface area contributed by atoms with Gasteiger partial charge >= 0.3 is 0 Å². The van der Waals surface area contributed by atoms with Gasteiger partial charge in [0.25, 0.3) is 10.0 Å². The lowest BCUT2D eigenvalue weighted by atomic mass is 9.99. The number of benzene rings is 2. The maximum absolute atomic E-state index is 13.6. The summed E-state index contributed by atoms with van der Waals surface area (Å²) in [6.07, 6.45) is 4.89. The van der Waals surface area contributed by atoms with Crippen LogP contribution in [0.3, 0.4) is 0 Å². The van der Waals surface area contributed by atoms with E-state index in [0.29, 0.717) is 17.0 Å². The smallest absolute Gasteiger partial charge is 0.264 e. The molecule has 37 heavy (non-hydrogen) atoms. The molecular formula is C27H26N4O4S2. The Kier molecular flexibility index (Phi) is 6.33. The summed E-state index contributed by atoms with van der Waals surface area (Å²) in [6, 6.07) is 16.9. The summed E-state index contributed by atoms with van der Waals surface area (Å²) in [6.45, 7) is 5.33. The summed E-state index contributed by atoms with van der Waals surface area (Å²) in [5.74, 6) is -0.0888. The lowest BCUT2D eigenvalue weighted by molar-refractivity contribution is 0.587. The van der Waals surface area contributed by atoms with E-state index in [4.69, 9.17) is 4.98 Å². The molecule has 10 heteroatoms. The van der Waals surface area contributed by atoms with Crippen LogP contribution in [0.1, 0.15) is 36.6 Å². The molecule has 0 aliphatic carbocycles. The molecule has 0 bridgehead atoms. The van der Waals surface area contributed by atoms with Crippen LogP contribution in [0.2, 0.25) is 0 Å². The van der Waals surface area contributed by atoms with E-state index < -0.39 is 25.1 Å². The largest absolute Gasteiger partial charge is 0.265 e. The molecule has 0 saturated carbocycles. The minimum absolute atomic E-state index is 0.145. The van der Waals surface area contributed by atoms with Crippen molar-refractivity contribution in [1.29, 1.82) is 0 Å². The Morgan fingerprint density at radius 2 is 1.57 bits per heavy atom. The summed E-state index contributed by atoms with van der Waals surface area (Å²) < 4.78 is 53.5. The molecule has 0 spiro atoms. The molecule has 2 aromatic heterocycles. The first kappa shape index (κ1) is 25.0. The summed E-state index contributed by atoms with van der Waals surface area (Å²) in [5.41, 5.74) is 3.53. The number of fused-ring (bicyclic) bond motifs is 1. The van der Waals surface area contributed by atoms with Crippen LogP contribution in [0.4, 0.5) is 5.82 Å². The molecule has 190 valence electrons. The second kappa shape index (κ2) is 9.35. The third-order valence-corrected chi connectivity index (χ3v) is 10.4. The van der Waals surface area contributed by atoms with Gasteiger partial charge in [0, 0.05) is 24.5 Å². The van der Waals surface area contributed by atoms with Crippen molar-refractivity contribution in [3.8, 4) is 11.3 Å². The quantitative estimate of drug-likeness (QED) is 0.361. The summed E-state index contributed by atoms with van der Waals surface area (Å²) >= 11 is 0. The second-order valence-electron chi connectivity index (χ2n) is 9.27. The van der Waals surface area contributed by atoms with Gasteiger partial charge in [-0.25, -0.2) is 31.1 Å². The summed E-state index contributed by atoms with van der Waals surface area (Å²) in [7, 11) is -7.27. The summed E-state index contributed by atoms with van der Waals surface area (Å²) in [4.78, 5) is 14.0. The highest BCUT2D eigenvalue weighted by atomic mass is 32.2. The molecular weight excluding hydrogens is 508 g/mol. The van der Waals surface area contributed by atoms with E-state index in [9.17, 15) is 16.8 Å². The first-order valence-electron chi connectivity index (χ1n) is 11.8. The number of nitrogens with zero attached hydrogens (tertiary/aromatic N) is 4. The van der Waals surface area contributed by atoms with Gasteiger partial charge in [-0.15, -0.1) is 0 Å². The number of sulfone groups is 1. The molecule has 1 aliphatic rings. The molecule has 1 aliphatic heterocycles. The molecule has 2 aromatic carbocycles. The molecule has 0 fully saturated rings. The van der Waals surface area contributed by atoms with E-state index in [0.717, 1.165) is 11.1 Å². The van der Waals surface area contributed by atoms with Crippen molar-refractivity contribution in [2.75, 3.05) is 10.8 Å². The molecule has 1 unspecified atom stereocenters. The SMILES string of the molecule is Cc1ccc(S(=O)(=O)N2CC(c3cccnc3)c3nc(-c4ccc(S(=O)(=O)C(C)C)cc4)cnc32)cc1. The fraction of sp³-hybridized carbons (Fsp3) is 0.222. The third-order valence-electron chi connectivity index (χ3n) is 6.49. The number of sulfonamides is 1. The highest BCUT2D eigenvalue weighted by Crippen LogP contribution is 2.41. The first-order valence-corrected chi connectivity index (χ1v) is 14.8. The zero-order valence-electron chi connectivity index (χ0n) is 20.6. The van der Waals surface area contributed by atoms with Gasteiger partial charge in [-0.1, -0.05) is 35.9 Å². The minimum Gasteiger partial charge on any atom is -0.264 e. The fourth-order valence-electron chi connectivity index (χ4n) is 4.28. The molecule has 4 aromatic rings. The van der Waals surface area contributed by atoms with Crippen LogP contribution in [-0.2, 0) is 19.9 Å². The van der Waals surface area contributed by atoms with Gasteiger partial charge in [0.1, 0.15) is 0 Å². The van der Waals surface area contributed by atoms with Crippen LogP contribution >= 0.6 is 0 Å². The Balaban J connectivity index is 1.59. The number of aryl methyl sites for hydroxylation is 1. The molecule has 5 rings (SSSR count). The van der Waals surface area contributed by atoms with E-state index in [-0.39, 0.29) is 28.1 Å². The molecule has 8 nitrogen and oxygen atoms in total. The number of rotatable bonds is 6. The molecule has 0 N–H and O–H groups in total. The number of anilines is 1. The number of pyridine rings is 1.